The summed E-state index contributed by atoms with van der Waals surface area (Å²) in [6.07, 6.45) is 4.93. The lowest BCUT2D eigenvalue weighted by Gasteiger charge is -2.34. The molecule has 0 bridgehead atoms. The molecule has 0 aromatic heterocycles. The highest BCUT2D eigenvalue weighted by Crippen LogP contribution is 2.45. The lowest BCUT2D eigenvalue weighted by atomic mass is 9.65. The minimum absolute atomic E-state index is 0.189. The fourth-order valence-corrected chi connectivity index (χ4v) is 3.97. The standard InChI is InChI=1S/C19H32BNO4/c1-17(2,3)23-16(22)21-12-11-13-14(9-8-10-15(13)21)20-24-18(4,5)19(6,7)25-20/h9,13,15H,8,10-12H2,1-7H3. The van der Waals surface area contributed by atoms with Gasteiger partial charge < -0.3 is 18.9 Å². The van der Waals surface area contributed by atoms with Gasteiger partial charge in [0.05, 0.1) is 11.2 Å². The summed E-state index contributed by atoms with van der Waals surface area (Å²) in [6, 6.07) is 0.189. The molecule has 2 aliphatic heterocycles. The van der Waals surface area contributed by atoms with Crippen LogP contribution in [0.3, 0.4) is 0 Å². The molecule has 1 amide bonds. The maximum atomic E-state index is 12.6. The van der Waals surface area contributed by atoms with Gasteiger partial charge in [0.1, 0.15) is 5.60 Å². The van der Waals surface area contributed by atoms with Gasteiger partial charge in [-0.1, -0.05) is 6.08 Å². The van der Waals surface area contributed by atoms with E-state index in [1.807, 2.05) is 25.7 Å². The van der Waals surface area contributed by atoms with Crippen molar-refractivity contribution in [1.82, 2.24) is 4.90 Å². The second-order valence-electron chi connectivity index (χ2n) is 9.51. The number of carbonyl (C=O) groups is 1. The first kappa shape index (κ1) is 18.8. The Balaban J connectivity index is 1.74. The van der Waals surface area contributed by atoms with Crippen LogP contribution in [0.4, 0.5) is 4.79 Å². The van der Waals surface area contributed by atoms with Crippen LogP contribution < -0.4 is 0 Å². The van der Waals surface area contributed by atoms with E-state index in [9.17, 15) is 4.79 Å². The Morgan fingerprint density at radius 1 is 1.20 bits per heavy atom. The lowest BCUT2D eigenvalue weighted by molar-refractivity contribution is 0.00578. The SMILES string of the molecule is CC(C)(C)OC(=O)N1CCC2C(B3OC(C)(C)C(C)(C)O3)=CCCC21. The first-order valence-electron chi connectivity index (χ1n) is 9.46. The number of rotatable bonds is 1. The molecular weight excluding hydrogens is 317 g/mol. The van der Waals surface area contributed by atoms with Gasteiger partial charge in [-0.25, -0.2) is 4.79 Å². The predicted molar refractivity (Wildman–Crippen MR) is 98.2 cm³/mol. The molecule has 2 unspecified atom stereocenters. The minimum atomic E-state index is -0.464. The molecule has 140 valence electrons. The lowest BCUT2D eigenvalue weighted by Crippen LogP contribution is -2.44. The molecular formula is C19H32BNO4. The Hall–Kier alpha value is -1.01. The summed E-state index contributed by atoms with van der Waals surface area (Å²) in [5.41, 5.74) is 0.0684. The zero-order valence-corrected chi connectivity index (χ0v) is 16.7. The highest BCUT2D eigenvalue weighted by Gasteiger charge is 2.55. The van der Waals surface area contributed by atoms with Gasteiger partial charge in [-0.3, -0.25) is 0 Å². The van der Waals surface area contributed by atoms with Crippen molar-refractivity contribution in [3.8, 4) is 0 Å². The fraction of sp³-hybridized carbons (Fsp3) is 0.842. The van der Waals surface area contributed by atoms with E-state index in [0.29, 0.717) is 5.92 Å². The third-order valence-electron chi connectivity index (χ3n) is 5.97. The molecule has 3 rings (SSSR count). The van der Waals surface area contributed by atoms with Crippen LogP contribution in [0.2, 0.25) is 0 Å². The van der Waals surface area contributed by atoms with Gasteiger partial charge >= 0.3 is 13.2 Å². The number of amides is 1. The summed E-state index contributed by atoms with van der Waals surface area (Å²) < 4.78 is 18.1. The minimum Gasteiger partial charge on any atom is -0.444 e. The topological polar surface area (TPSA) is 48.0 Å². The molecule has 0 aromatic carbocycles. The summed E-state index contributed by atoms with van der Waals surface area (Å²) in [4.78, 5) is 14.5. The molecule has 2 atom stereocenters. The molecule has 0 N–H and O–H groups in total. The molecule has 0 aromatic rings. The van der Waals surface area contributed by atoms with Crippen molar-refractivity contribution in [3.05, 3.63) is 11.5 Å². The van der Waals surface area contributed by atoms with Crippen LogP contribution >= 0.6 is 0 Å². The zero-order chi connectivity index (χ0) is 18.6. The number of likely N-dealkylation sites (tertiary alicyclic amines) is 1. The molecule has 5 nitrogen and oxygen atoms in total. The first-order chi connectivity index (χ1) is 11.4. The highest BCUT2D eigenvalue weighted by molar-refractivity contribution is 6.54. The van der Waals surface area contributed by atoms with Crippen LogP contribution in [0.25, 0.3) is 0 Å². The monoisotopic (exact) mass is 349 g/mol. The quantitative estimate of drug-likeness (QED) is 0.672. The van der Waals surface area contributed by atoms with Crippen molar-refractivity contribution in [1.29, 1.82) is 0 Å². The number of nitrogens with zero attached hydrogens (tertiary/aromatic N) is 1. The van der Waals surface area contributed by atoms with Gasteiger partial charge in [-0.2, -0.15) is 0 Å². The largest absolute Gasteiger partial charge is 0.490 e. The maximum absolute atomic E-state index is 12.6. The summed E-state index contributed by atoms with van der Waals surface area (Å²) in [7, 11) is -0.309. The van der Waals surface area contributed by atoms with E-state index in [4.69, 9.17) is 14.0 Å². The average Bonchev–Trinajstić information content (AvgIpc) is 2.95. The van der Waals surface area contributed by atoms with Crippen LogP contribution in [0.15, 0.2) is 11.5 Å². The second kappa shape index (κ2) is 6.02. The van der Waals surface area contributed by atoms with E-state index in [1.54, 1.807) is 0 Å². The van der Waals surface area contributed by atoms with Gasteiger partial charge in [0.2, 0.25) is 0 Å². The first-order valence-corrected chi connectivity index (χ1v) is 9.46. The zero-order valence-electron chi connectivity index (χ0n) is 16.7. The van der Waals surface area contributed by atoms with Gasteiger partial charge in [0, 0.05) is 12.6 Å². The van der Waals surface area contributed by atoms with Gasteiger partial charge in [0.25, 0.3) is 0 Å². The number of ether oxygens (including phenoxy) is 1. The summed E-state index contributed by atoms with van der Waals surface area (Å²) in [6.45, 7) is 14.8. The molecule has 0 radical (unpaired) electrons. The van der Waals surface area contributed by atoms with Gasteiger partial charge in [0.15, 0.2) is 0 Å². The predicted octanol–water partition coefficient (Wildman–Crippen LogP) is 3.96. The van der Waals surface area contributed by atoms with E-state index in [2.05, 4.69) is 33.8 Å². The van der Waals surface area contributed by atoms with Crippen molar-refractivity contribution < 1.29 is 18.8 Å². The average molecular weight is 349 g/mol. The Labute approximate surface area is 152 Å². The van der Waals surface area contributed by atoms with E-state index >= 15 is 0 Å². The highest BCUT2D eigenvalue weighted by atomic mass is 16.7. The maximum Gasteiger partial charge on any atom is 0.490 e. The summed E-state index contributed by atoms with van der Waals surface area (Å²) in [5.74, 6) is 0.302. The molecule has 0 saturated carbocycles. The molecule has 2 heterocycles. The molecule has 0 spiro atoms. The number of carbonyl (C=O) groups excluding carboxylic acids is 1. The third-order valence-corrected chi connectivity index (χ3v) is 5.97. The molecule has 6 heteroatoms. The van der Waals surface area contributed by atoms with Gasteiger partial charge in [-0.05, 0) is 79.1 Å². The Kier molecular flexibility index (Phi) is 4.52. The number of fused-ring (bicyclic) bond motifs is 1. The Morgan fingerprint density at radius 2 is 1.80 bits per heavy atom. The van der Waals surface area contributed by atoms with Crippen molar-refractivity contribution in [2.75, 3.05) is 6.54 Å². The molecule has 3 aliphatic rings. The Morgan fingerprint density at radius 3 is 2.36 bits per heavy atom. The van der Waals surface area contributed by atoms with Crippen LogP contribution in [0.5, 0.6) is 0 Å². The van der Waals surface area contributed by atoms with Crippen LogP contribution in [-0.2, 0) is 14.0 Å². The second-order valence-corrected chi connectivity index (χ2v) is 9.51. The van der Waals surface area contributed by atoms with Crippen molar-refractivity contribution in [2.45, 2.75) is 90.6 Å². The third kappa shape index (κ3) is 3.48. The van der Waals surface area contributed by atoms with E-state index in [-0.39, 0.29) is 30.5 Å². The Bertz CT molecular complexity index is 562. The van der Waals surface area contributed by atoms with E-state index < -0.39 is 5.60 Å². The van der Waals surface area contributed by atoms with Crippen LogP contribution in [0.1, 0.15) is 67.7 Å². The number of allylic oxidation sites excluding steroid dienone is 1. The van der Waals surface area contributed by atoms with E-state index in [0.717, 1.165) is 25.8 Å². The molecule has 2 fully saturated rings. The van der Waals surface area contributed by atoms with E-state index in [1.165, 1.54) is 5.47 Å². The smallest absolute Gasteiger partial charge is 0.444 e. The number of hydrogen-bond donors (Lipinski definition) is 0. The number of hydrogen-bond acceptors (Lipinski definition) is 4. The van der Waals surface area contributed by atoms with Crippen molar-refractivity contribution >= 4 is 13.2 Å². The molecule has 25 heavy (non-hydrogen) atoms. The molecule has 1 aliphatic carbocycles. The normalized spacial score (nSPS) is 30.9. The van der Waals surface area contributed by atoms with Crippen LogP contribution in [0, 0.1) is 5.92 Å². The fourth-order valence-electron chi connectivity index (χ4n) is 3.97. The summed E-state index contributed by atoms with van der Waals surface area (Å²) >= 11 is 0. The molecule has 2 saturated heterocycles. The van der Waals surface area contributed by atoms with Crippen molar-refractivity contribution in [2.24, 2.45) is 5.92 Å². The summed E-state index contributed by atoms with van der Waals surface area (Å²) in [5, 5.41) is 0. The van der Waals surface area contributed by atoms with Crippen LogP contribution in [-0.4, -0.2) is 47.5 Å². The van der Waals surface area contributed by atoms with Gasteiger partial charge in [-0.15, -0.1) is 0 Å². The van der Waals surface area contributed by atoms with Crippen molar-refractivity contribution in [3.63, 3.8) is 0 Å².